The Hall–Kier alpha value is -8.04. The molecule has 0 unspecified atom stereocenters. The molecule has 8 aromatic carbocycles. The van der Waals surface area contributed by atoms with Gasteiger partial charge in [-0.05, 0) is 194 Å². The fourth-order valence-corrected chi connectivity index (χ4v) is 6.12. The molecule has 0 saturated heterocycles. The van der Waals surface area contributed by atoms with Crippen LogP contribution in [0.1, 0.15) is 0 Å². The third kappa shape index (κ3) is 10.1. The van der Waals surface area contributed by atoms with Crippen LogP contribution in [0.3, 0.4) is 0 Å². The molecule has 0 fully saturated rings. The Balaban J connectivity index is 0.775. The third-order valence-electron chi connectivity index (χ3n) is 9.15. The molecule has 0 aliphatic rings. The van der Waals surface area contributed by atoms with Crippen molar-refractivity contribution >= 4 is 91.0 Å². The fraction of sp³-hybridized carbons (Fsp3) is 0. The van der Waals surface area contributed by atoms with E-state index >= 15 is 0 Å². The Bertz CT molecular complexity index is 2300. The van der Waals surface area contributed by atoms with Crippen molar-refractivity contribution in [1.82, 2.24) is 0 Å². The van der Waals surface area contributed by atoms with Crippen molar-refractivity contribution in [1.29, 1.82) is 0 Å². The SMILES string of the molecule is Nc1ccc(Nc2ccc(Nc3ccc(Nc4ccc(Nc5ccc(Nc6ccc(Nc7ccc(Nc8ccc(N)cc8)cc7)cc6)cc5)cc4)cc3)cc2)cc1. The maximum Gasteiger partial charge on any atom is 0.0385 e. The summed E-state index contributed by atoms with van der Waals surface area (Å²) in [6.45, 7) is 0. The van der Waals surface area contributed by atoms with E-state index in [2.05, 4.69) is 159 Å². The van der Waals surface area contributed by atoms with E-state index in [9.17, 15) is 0 Å². The largest absolute Gasteiger partial charge is 0.399 e. The van der Waals surface area contributed by atoms with Crippen molar-refractivity contribution in [2.75, 3.05) is 48.7 Å². The number of anilines is 16. The number of nitrogens with one attached hydrogen (secondary N) is 7. The van der Waals surface area contributed by atoms with Crippen molar-refractivity contribution in [3.8, 4) is 0 Å². The van der Waals surface area contributed by atoms with E-state index in [4.69, 9.17) is 11.5 Å². The molecule has 0 bridgehead atoms. The molecule has 9 heteroatoms. The molecular formula is C48H43N9. The lowest BCUT2D eigenvalue weighted by molar-refractivity contribution is 1.49. The highest BCUT2D eigenvalue weighted by Crippen LogP contribution is 2.28. The van der Waals surface area contributed by atoms with Gasteiger partial charge in [0.2, 0.25) is 0 Å². The molecule has 0 saturated carbocycles. The van der Waals surface area contributed by atoms with Crippen LogP contribution in [0.5, 0.6) is 0 Å². The molecule has 57 heavy (non-hydrogen) atoms. The standard InChI is InChI=1S/C48H43N9/c49-33-1-5-35(6-2-33)51-37-9-13-39(14-10-37)53-41-17-21-43(22-18-41)55-45-25-29-47(30-26-45)57-48-31-27-46(28-32-48)56-44-23-19-42(20-24-44)54-40-15-11-38(12-16-40)52-36-7-3-34(50)4-8-36/h1-32,51-57H,49-50H2. The molecule has 8 rings (SSSR count). The van der Waals surface area contributed by atoms with Gasteiger partial charge in [-0.2, -0.15) is 0 Å². The lowest BCUT2D eigenvalue weighted by atomic mass is 10.2. The predicted octanol–water partition coefficient (Wildman–Crippen LogP) is 13.1. The van der Waals surface area contributed by atoms with Crippen molar-refractivity contribution in [3.63, 3.8) is 0 Å². The zero-order valence-corrected chi connectivity index (χ0v) is 31.1. The minimum atomic E-state index is 0.747. The number of benzene rings is 8. The van der Waals surface area contributed by atoms with Crippen LogP contribution in [-0.2, 0) is 0 Å². The van der Waals surface area contributed by atoms with Gasteiger partial charge in [-0.3, -0.25) is 0 Å². The molecule has 8 aromatic rings. The highest BCUT2D eigenvalue weighted by Gasteiger charge is 2.03. The third-order valence-corrected chi connectivity index (χ3v) is 9.15. The normalized spacial score (nSPS) is 10.6. The molecule has 0 heterocycles. The van der Waals surface area contributed by atoms with Gasteiger partial charge in [0.25, 0.3) is 0 Å². The van der Waals surface area contributed by atoms with Crippen LogP contribution in [0.15, 0.2) is 194 Å². The van der Waals surface area contributed by atoms with Crippen LogP contribution in [0.2, 0.25) is 0 Å². The molecule has 0 aromatic heterocycles. The van der Waals surface area contributed by atoms with Gasteiger partial charge in [0.15, 0.2) is 0 Å². The molecule has 0 aliphatic carbocycles. The first kappa shape index (κ1) is 36.0. The van der Waals surface area contributed by atoms with Gasteiger partial charge < -0.3 is 48.7 Å². The van der Waals surface area contributed by atoms with Crippen molar-refractivity contribution < 1.29 is 0 Å². The second-order valence-electron chi connectivity index (χ2n) is 13.6. The average Bonchev–Trinajstić information content (AvgIpc) is 3.24. The van der Waals surface area contributed by atoms with E-state index in [1.54, 1.807) is 0 Å². The number of hydrogen-bond donors (Lipinski definition) is 9. The molecule has 280 valence electrons. The first-order valence-corrected chi connectivity index (χ1v) is 18.6. The van der Waals surface area contributed by atoms with E-state index in [0.717, 1.165) is 91.0 Å². The van der Waals surface area contributed by atoms with Gasteiger partial charge in [0.05, 0.1) is 0 Å². The summed E-state index contributed by atoms with van der Waals surface area (Å²) in [4.78, 5) is 0. The zero-order valence-electron chi connectivity index (χ0n) is 31.1. The van der Waals surface area contributed by atoms with Crippen molar-refractivity contribution in [2.45, 2.75) is 0 Å². The summed E-state index contributed by atoms with van der Waals surface area (Å²) in [5.74, 6) is 0. The minimum absolute atomic E-state index is 0.747. The van der Waals surface area contributed by atoms with E-state index in [1.165, 1.54) is 0 Å². The molecule has 0 radical (unpaired) electrons. The second kappa shape index (κ2) is 17.0. The Kier molecular flexibility index (Phi) is 10.7. The quantitative estimate of drug-likeness (QED) is 0.0498. The number of nitrogen functional groups attached to an aromatic ring is 2. The number of nitrogens with two attached hydrogens (primary N) is 2. The van der Waals surface area contributed by atoms with Gasteiger partial charge in [-0.25, -0.2) is 0 Å². The summed E-state index contributed by atoms with van der Waals surface area (Å²) >= 11 is 0. The van der Waals surface area contributed by atoms with Crippen LogP contribution in [0.4, 0.5) is 91.0 Å². The molecule has 0 aliphatic heterocycles. The van der Waals surface area contributed by atoms with E-state index < -0.39 is 0 Å². The van der Waals surface area contributed by atoms with E-state index in [1.807, 2.05) is 72.8 Å². The van der Waals surface area contributed by atoms with Crippen LogP contribution < -0.4 is 48.7 Å². The maximum absolute atomic E-state index is 5.79. The first-order chi connectivity index (χ1) is 27.9. The number of hydrogen-bond acceptors (Lipinski definition) is 9. The Morgan fingerprint density at radius 1 is 0.158 bits per heavy atom. The first-order valence-electron chi connectivity index (χ1n) is 18.6. The minimum Gasteiger partial charge on any atom is -0.399 e. The summed E-state index contributed by atoms with van der Waals surface area (Å²) in [5.41, 5.74) is 27.2. The summed E-state index contributed by atoms with van der Waals surface area (Å²) in [5, 5.41) is 24.2. The molecule has 9 nitrogen and oxygen atoms in total. The lowest BCUT2D eigenvalue weighted by Crippen LogP contribution is -1.95. The van der Waals surface area contributed by atoms with Crippen LogP contribution in [0.25, 0.3) is 0 Å². The molecule has 0 atom stereocenters. The maximum atomic E-state index is 5.79. The molecule has 0 amide bonds. The van der Waals surface area contributed by atoms with E-state index in [-0.39, 0.29) is 0 Å². The van der Waals surface area contributed by atoms with Gasteiger partial charge in [0.1, 0.15) is 0 Å². The summed E-state index contributed by atoms with van der Waals surface area (Å²) in [6, 6.07) is 64.8. The van der Waals surface area contributed by atoms with Crippen molar-refractivity contribution in [2.24, 2.45) is 0 Å². The zero-order chi connectivity index (χ0) is 38.8. The fourth-order valence-electron chi connectivity index (χ4n) is 6.12. The van der Waals surface area contributed by atoms with Crippen LogP contribution in [0, 0.1) is 0 Å². The number of rotatable bonds is 14. The van der Waals surface area contributed by atoms with Gasteiger partial charge >= 0.3 is 0 Å². The predicted molar refractivity (Wildman–Crippen MR) is 243 cm³/mol. The topological polar surface area (TPSA) is 136 Å². The van der Waals surface area contributed by atoms with E-state index in [0.29, 0.717) is 0 Å². The Morgan fingerprint density at radius 3 is 0.351 bits per heavy atom. The Morgan fingerprint density at radius 2 is 0.246 bits per heavy atom. The monoisotopic (exact) mass is 745 g/mol. The highest BCUT2D eigenvalue weighted by molar-refractivity contribution is 5.73. The van der Waals surface area contributed by atoms with Crippen LogP contribution in [-0.4, -0.2) is 0 Å². The summed E-state index contributed by atoms with van der Waals surface area (Å²) in [7, 11) is 0. The molecule has 11 N–H and O–H groups in total. The van der Waals surface area contributed by atoms with Gasteiger partial charge in [-0.15, -0.1) is 0 Å². The second-order valence-corrected chi connectivity index (χ2v) is 13.6. The van der Waals surface area contributed by atoms with Gasteiger partial charge in [0, 0.05) is 91.0 Å². The molecular weight excluding hydrogens is 703 g/mol. The lowest BCUT2D eigenvalue weighted by Gasteiger charge is -2.12. The molecule has 0 spiro atoms. The van der Waals surface area contributed by atoms with Crippen LogP contribution >= 0.6 is 0 Å². The summed E-state index contributed by atoms with van der Waals surface area (Å²) in [6.07, 6.45) is 0. The summed E-state index contributed by atoms with van der Waals surface area (Å²) < 4.78 is 0. The van der Waals surface area contributed by atoms with Crippen molar-refractivity contribution in [3.05, 3.63) is 194 Å². The average molecular weight is 746 g/mol. The highest BCUT2D eigenvalue weighted by atomic mass is 14.9. The van der Waals surface area contributed by atoms with Gasteiger partial charge in [-0.1, -0.05) is 0 Å². The Labute approximate surface area is 332 Å². The smallest absolute Gasteiger partial charge is 0.0385 e.